The molecule has 1 aromatic carbocycles. The van der Waals surface area contributed by atoms with Gasteiger partial charge in [0.25, 0.3) is 0 Å². The first-order valence-electron chi connectivity index (χ1n) is 4.58. The minimum atomic E-state index is -0.996. The molecule has 0 spiro atoms. The molecule has 1 unspecified atom stereocenters. The number of rotatable bonds is 3. The van der Waals surface area contributed by atoms with E-state index in [-0.39, 0.29) is 0 Å². The largest absolute Gasteiger partial charge is 0.481 e. The maximum Gasteiger partial charge on any atom is 0.310 e. The topological polar surface area (TPSA) is 37.3 Å². The number of carbonyl (C=O) groups is 1. The highest BCUT2D eigenvalue weighted by molar-refractivity contribution is 5.76. The maximum absolute atomic E-state index is 13.4. The lowest BCUT2D eigenvalue weighted by atomic mass is 9.94. The van der Waals surface area contributed by atoms with Crippen LogP contribution in [0, 0.1) is 5.82 Å². The van der Waals surface area contributed by atoms with Gasteiger partial charge in [-0.05, 0) is 25.0 Å². The lowest BCUT2D eigenvalue weighted by molar-refractivity contribution is -0.138. The summed E-state index contributed by atoms with van der Waals surface area (Å²) >= 11 is 0. The van der Waals surface area contributed by atoms with Gasteiger partial charge >= 0.3 is 5.97 Å². The number of halogens is 1. The van der Waals surface area contributed by atoms with Crippen LogP contribution in [0.25, 0.3) is 0 Å². The van der Waals surface area contributed by atoms with Gasteiger partial charge in [-0.1, -0.05) is 19.1 Å². The van der Waals surface area contributed by atoms with Crippen molar-refractivity contribution in [2.24, 2.45) is 0 Å². The second-order valence-electron chi connectivity index (χ2n) is 3.23. The summed E-state index contributed by atoms with van der Waals surface area (Å²) < 4.78 is 13.4. The number of aryl methyl sites for hydroxylation is 1. The summed E-state index contributed by atoms with van der Waals surface area (Å²) in [5.41, 5.74) is 1.07. The zero-order valence-corrected chi connectivity index (χ0v) is 8.25. The van der Waals surface area contributed by atoms with Gasteiger partial charge in [0, 0.05) is 5.56 Å². The summed E-state index contributed by atoms with van der Waals surface area (Å²) in [6.07, 6.45) is 0.644. The van der Waals surface area contributed by atoms with Gasteiger partial charge in [-0.25, -0.2) is 4.39 Å². The number of hydrogen-bond acceptors (Lipinski definition) is 1. The second-order valence-corrected chi connectivity index (χ2v) is 3.23. The van der Waals surface area contributed by atoms with E-state index in [1.807, 2.05) is 6.92 Å². The van der Waals surface area contributed by atoms with Gasteiger partial charge in [-0.2, -0.15) is 0 Å². The molecular weight excluding hydrogens is 183 g/mol. The van der Waals surface area contributed by atoms with Crippen LogP contribution >= 0.6 is 0 Å². The first kappa shape index (κ1) is 10.7. The Labute approximate surface area is 82.4 Å². The van der Waals surface area contributed by atoms with Crippen LogP contribution in [0.3, 0.4) is 0 Å². The van der Waals surface area contributed by atoms with Gasteiger partial charge < -0.3 is 5.11 Å². The van der Waals surface area contributed by atoms with Crippen molar-refractivity contribution in [2.75, 3.05) is 0 Å². The normalized spacial score (nSPS) is 12.5. The van der Waals surface area contributed by atoms with Crippen LogP contribution in [-0.4, -0.2) is 11.1 Å². The van der Waals surface area contributed by atoms with Crippen molar-refractivity contribution in [3.63, 3.8) is 0 Å². The molecule has 76 valence electrons. The molecule has 1 rings (SSSR count). The molecule has 0 saturated heterocycles. The van der Waals surface area contributed by atoms with E-state index in [4.69, 9.17) is 5.11 Å². The fourth-order valence-corrected chi connectivity index (χ4v) is 1.50. The molecular formula is C11H13FO2. The number of carboxylic acid groups (broad SMARTS) is 1. The van der Waals surface area contributed by atoms with Crippen LogP contribution in [0.2, 0.25) is 0 Å². The third kappa shape index (κ3) is 1.92. The molecule has 0 aliphatic rings. The van der Waals surface area contributed by atoms with Crippen LogP contribution in [-0.2, 0) is 11.2 Å². The van der Waals surface area contributed by atoms with Crippen LogP contribution in [0.4, 0.5) is 4.39 Å². The molecule has 3 heteroatoms. The maximum atomic E-state index is 13.4. The highest BCUT2D eigenvalue weighted by Crippen LogP contribution is 2.23. The third-order valence-corrected chi connectivity index (χ3v) is 2.33. The van der Waals surface area contributed by atoms with E-state index in [0.29, 0.717) is 12.0 Å². The van der Waals surface area contributed by atoms with Crippen LogP contribution in [0.1, 0.15) is 30.9 Å². The van der Waals surface area contributed by atoms with Crippen molar-refractivity contribution in [3.8, 4) is 0 Å². The van der Waals surface area contributed by atoms with Crippen molar-refractivity contribution in [3.05, 3.63) is 35.1 Å². The van der Waals surface area contributed by atoms with Crippen LogP contribution < -0.4 is 0 Å². The Morgan fingerprint density at radius 3 is 2.71 bits per heavy atom. The SMILES string of the molecule is CCc1cccc(F)c1C(C)C(=O)O. The first-order chi connectivity index (χ1) is 6.57. The van der Waals surface area contributed by atoms with Gasteiger partial charge in [0.2, 0.25) is 0 Å². The van der Waals surface area contributed by atoms with Crippen molar-refractivity contribution in [1.82, 2.24) is 0 Å². The fourth-order valence-electron chi connectivity index (χ4n) is 1.50. The summed E-state index contributed by atoms with van der Waals surface area (Å²) in [7, 11) is 0. The molecule has 14 heavy (non-hydrogen) atoms. The van der Waals surface area contributed by atoms with E-state index >= 15 is 0 Å². The molecule has 1 N–H and O–H groups in total. The average molecular weight is 196 g/mol. The predicted molar refractivity (Wildman–Crippen MR) is 51.8 cm³/mol. The zero-order chi connectivity index (χ0) is 10.7. The quantitative estimate of drug-likeness (QED) is 0.806. The number of benzene rings is 1. The van der Waals surface area contributed by atoms with Gasteiger partial charge in [0.15, 0.2) is 0 Å². The summed E-state index contributed by atoms with van der Waals surface area (Å²) in [6.45, 7) is 3.38. The standard InChI is InChI=1S/C11H13FO2/c1-3-8-5-4-6-9(12)10(8)7(2)11(13)14/h4-7H,3H2,1-2H3,(H,13,14). The second kappa shape index (κ2) is 4.22. The van der Waals surface area contributed by atoms with Gasteiger partial charge in [0.05, 0.1) is 5.92 Å². The van der Waals surface area contributed by atoms with Crippen LogP contribution in [0.5, 0.6) is 0 Å². The molecule has 0 fully saturated rings. The Hall–Kier alpha value is -1.38. The molecule has 0 aliphatic heterocycles. The van der Waals surface area contributed by atoms with Crippen molar-refractivity contribution in [1.29, 1.82) is 0 Å². The Balaban J connectivity index is 3.23. The van der Waals surface area contributed by atoms with Crippen molar-refractivity contribution < 1.29 is 14.3 Å². The minimum absolute atomic E-state index is 0.308. The summed E-state index contributed by atoms with van der Waals surface area (Å²) in [5, 5.41) is 8.81. The number of aliphatic carboxylic acids is 1. The minimum Gasteiger partial charge on any atom is -0.481 e. The summed E-state index contributed by atoms with van der Waals surface area (Å²) in [4.78, 5) is 10.8. The molecule has 0 aliphatic carbocycles. The van der Waals surface area contributed by atoms with Gasteiger partial charge in [-0.15, -0.1) is 0 Å². The molecule has 0 saturated carbocycles. The Morgan fingerprint density at radius 1 is 1.57 bits per heavy atom. The summed E-state index contributed by atoms with van der Waals surface area (Å²) in [5.74, 6) is -2.21. The molecule has 0 radical (unpaired) electrons. The van der Waals surface area contributed by atoms with Gasteiger partial charge in [0.1, 0.15) is 5.82 Å². The Bertz CT molecular complexity index is 347. The van der Waals surface area contributed by atoms with E-state index in [9.17, 15) is 9.18 Å². The van der Waals surface area contributed by atoms with E-state index in [1.165, 1.54) is 13.0 Å². The number of carboxylic acids is 1. The molecule has 1 atom stereocenters. The zero-order valence-electron chi connectivity index (χ0n) is 8.25. The molecule has 0 amide bonds. The van der Waals surface area contributed by atoms with E-state index < -0.39 is 17.7 Å². The highest BCUT2D eigenvalue weighted by atomic mass is 19.1. The van der Waals surface area contributed by atoms with E-state index in [0.717, 1.165) is 5.56 Å². The van der Waals surface area contributed by atoms with E-state index in [2.05, 4.69) is 0 Å². The third-order valence-electron chi connectivity index (χ3n) is 2.33. The first-order valence-corrected chi connectivity index (χ1v) is 4.58. The molecule has 0 aromatic heterocycles. The van der Waals surface area contributed by atoms with Crippen molar-refractivity contribution >= 4 is 5.97 Å². The van der Waals surface area contributed by atoms with Crippen molar-refractivity contribution in [2.45, 2.75) is 26.2 Å². The Kier molecular flexibility index (Phi) is 3.23. The Morgan fingerprint density at radius 2 is 2.21 bits per heavy atom. The predicted octanol–water partition coefficient (Wildman–Crippen LogP) is 2.58. The molecule has 0 bridgehead atoms. The molecule has 1 aromatic rings. The van der Waals surface area contributed by atoms with Gasteiger partial charge in [-0.3, -0.25) is 4.79 Å². The van der Waals surface area contributed by atoms with E-state index in [1.54, 1.807) is 12.1 Å². The molecule has 0 heterocycles. The molecule has 2 nitrogen and oxygen atoms in total. The smallest absolute Gasteiger partial charge is 0.310 e. The lowest BCUT2D eigenvalue weighted by Crippen LogP contribution is -2.11. The van der Waals surface area contributed by atoms with Crippen LogP contribution in [0.15, 0.2) is 18.2 Å². The average Bonchev–Trinajstić information content (AvgIpc) is 2.16. The highest BCUT2D eigenvalue weighted by Gasteiger charge is 2.20. The summed E-state index contributed by atoms with van der Waals surface area (Å²) in [6, 6.07) is 4.66. The monoisotopic (exact) mass is 196 g/mol. The fraction of sp³-hybridized carbons (Fsp3) is 0.364. The lowest BCUT2D eigenvalue weighted by Gasteiger charge is -2.12. The number of hydrogen-bond donors (Lipinski definition) is 1.